The van der Waals surface area contributed by atoms with E-state index in [-0.39, 0.29) is 6.61 Å². The Morgan fingerprint density at radius 3 is 2.87 bits per heavy atom. The molecule has 0 saturated carbocycles. The van der Waals surface area contributed by atoms with E-state index in [0.29, 0.717) is 18.1 Å². The van der Waals surface area contributed by atoms with E-state index in [1.165, 1.54) is 6.33 Å². The topological polar surface area (TPSA) is 75.3 Å². The summed E-state index contributed by atoms with van der Waals surface area (Å²) in [6.45, 7) is 3.65. The minimum Gasteiger partial charge on any atom is -0.395 e. The van der Waals surface area contributed by atoms with Crippen molar-refractivity contribution in [3.63, 3.8) is 0 Å². The van der Waals surface area contributed by atoms with Crippen LogP contribution in [0.5, 0.6) is 0 Å². The number of rotatable bonds is 6. The number of nitrogen functional groups attached to an aromatic ring is 1. The zero-order chi connectivity index (χ0) is 11.1. The van der Waals surface area contributed by atoms with Gasteiger partial charge in [-0.2, -0.15) is 0 Å². The van der Waals surface area contributed by atoms with Gasteiger partial charge in [-0.25, -0.2) is 9.97 Å². The molecule has 3 N–H and O–H groups in total. The molecule has 1 aromatic rings. The highest BCUT2D eigenvalue weighted by Gasteiger charge is 2.09. The number of aliphatic hydroxyl groups excluding tert-OH is 1. The molecule has 0 spiro atoms. The Balaban J connectivity index is 2.74. The van der Waals surface area contributed by atoms with Gasteiger partial charge in [0.2, 0.25) is 0 Å². The summed E-state index contributed by atoms with van der Waals surface area (Å²) in [6, 6.07) is 0. The molecule has 0 aliphatic heterocycles. The van der Waals surface area contributed by atoms with Crippen molar-refractivity contribution in [3.8, 4) is 0 Å². The van der Waals surface area contributed by atoms with Crippen LogP contribution in [-0.4, -0.2) is 34.8 Å². The molecular formula is C10H18N4O. The molecule has 0 aliphatic rings. The van der Waals surface area contributed by atoms with Gasteiger partial charge in [-0.1, -0.05) is 13.3 Å². The molecule has 1 rings (SSSR count). The van der Waals surface area contributed by atoms with Crippen molar-refractivity contribution in [1.82, 2.24) is 9.97 Å². The number of hydrogen-bond acceptors (Lipinski definition) is 5. The fourth-order valence-corrected chi connectivity index (χ4v) is 1.39. The van der Waals surface area contributed by atoms with Crippen LogP contribution < -0.4 is 10.6 Å². The van der Waals surface area contributed by atoms with E-state index in [2.05, 4.69) is 16.9 Å². The first-order valence-corrected chi connectivity index (χ1v) is 5.20. The van der Waals surface area contributed by atoms with Crippen molar-refractivity contribution in [3.05, 3.63) is 12.5 Å². The van der Waals surface area contributed by atoms with Crippen molar-refractivity contribution < 1.29 is 5.11 Å². The minimum atomic E-state index is 0.104. The third-order valence-corrected chi connectivity index (χ3v) is 2.17. The summed E-state index contributed by atoms with van der Waals surface area (Å²) in [4.78, 5) is 9.96. The van der Waals surface area contributed by atoms with Crippen molar-refractivity contribution >= 4 is 11.5 Å². The molecule has 5 heteroatoms. The van der Waals surface area contributed by atoms with E-state index in [1.807, 2.05) is 4.90 Å². The van der Waals surface area contributed by atoms with Crippen LogP contribution in [0.25, 0.3) is 0 Å². The maximum atomic E-state index is 8.96. The third kappa shape index (κ3) is 3.36. The minimum absolute atomic E-state index is 0.104. The van der Waals surface area contributed by atoms with Gasteiger partial charge in [-0.3, -0.25) is 0 Å². The van der Waals surface area contributed by atoms with E-state index in [9.17, 15) is 0 Å². The normalized spacial score (nSPS) is 10.3. The first-order valence-electron chi connectivity index (χ1n) is 5.20. The first-order chi connectivity index (χ1) is 7.29. The molecule has 5 nitrogen and oxygen atoms in total. The Morgan fingerprint density at radius 1 is 1.47 bits per heavy atom. The predicted molar refractivity (Wildman–Crippen MR) is 60.7 cm³/mol. The number of hydrogen-bond donors (Lipinski definition) is 2. The lowest BCUT2D eigenvalue weighted by atomic mass is 10.3. The zero-order valence-corrected chi connectivity index (χ0v) is 9.06. The molecule has 0 aromatic carbocycles. The standard InChI is InChI=1S/C10H18N4O/c1-2-3-4-14(5-6-15)10-9(11)7-12-8-13-10/h7-8,15H,2-6,11H2,1H3. The van der Waals surface area contributed by atoms with Gasteiger partial charge in [0, 0.05) is 13.1 Å². The third-order valence-electron chi connectivity index (χ3n) is 2.17. The SMILES string of the molecule is CCCCN(CCO)c1ncncc1N. The maximum absolute atomic E-state index is 8.96. The summed E-state index contributed by atoms with van der Waals surface area (Å²) >= 11 is 0. The number of unbranched alkanes of at least 4 members (excludes halogenated alkanes) is 1. The van der Waals surface area contributed by atoms with Crippen LogP contribution >= 0.6 is 0 Å². The summed E-state index contributed by atoms with van der Waals surface area (Å²) < 4.78 is 0. The summed E-state index contributed by atoms with van der Waals surface area (Å²) in [5, 5.41) is 8.96. The second kappa shape index (κ2) is 6.19. The van der Waals surface area contributed by atoms with Crippen LogP contribution in [0.3, 0.4) is 0 Å². The molecule has 0 radical (unpaired) electrons. The van der Waals surface area contributed by atoms with E-state index < -0.39 is 0 Å². The summed E-state index contributed by atoms with van der Waals surface area (Å²) in [5.41, 5.74) is 6.33. The summed E-state index contributed by atoms with van der Waals surface area (Å²) in [5.74, 6) is 0.715. The molecule has 0 atom stereocenters. The first kappa shape index (κ1) is 11.7. The fourth-order valence-electron chi connectivity index (χ4n) is 1.39. The van der Waals surface area contributed by atoms with Gasteiger partial charge in [-0.05, 0) is 6.42 Å². The second-order valence-corrected chi connectivity index (χ2v) is 3.37. The lowest BCUT2D eigenvalue weighted by Gasteiger charge is -2.23. The van der Waals surface area contributed by atoms with Crippen LogP contribution in [0.2, 0.25) is 0 Å². The molecular weight excluding hydrogens is 192 g/mol. The van der Waals surface area contributed by atoms with E-state index in [4.69, 9.17) is 10.8 Å². The Labute approximate surface area is 90.0 Å². The Bertz CT molecular complexity index is 293. The van der Waals surface area contributed by atoms with Gasteiger partial charge >= 0.3 is 0 Å². The number of nitrogens with zero attached hydrogens (tertiary/aromatic N) is 3. The van der Waals surface area contributed by atoms with Crippen molar-refractivity contribution in [2.24, 2.45) is 0 Å². The largest absolute Gasteiger partial charge is 0.395 e. The highest BCUT2D eigenvalue weighted by atomic mass is 16.3. The Morgan fingerprint density at radius 2 is 2.27 bits per heavy atom. The maximum Gasteiger partial charge on any atom is 0.155 e. The summed E-state index contributed by atoms with van der Waals surface area (Å²) in [6.07, 6.45) is 5.22. The molecule has 1 heterocycles. The zero-order valence-electron chi connectivity index (χ0n) is 9.06. The molecule has 0 aliphatic carbocycles. The average Bonchev–Trinajstić information content (AvgIpc) is 2.25. The Kier molecular flexibility index (Phi) is 4.83. The van der Waals surface area contributed by atoms with Gasteiger partial charge in [-0.15, -0.1) is 0 Å². The lowest BCUT2D eigenvalue weighted by molar-refractivity contribution is 0.301. The lowest BCUT2D eigenvalue weighted by Crippen LogP contribution is -2.29. The number of nitrogens with two attached hydrogens (primary N) is 1. The van der Waals surface area contributed by atoms with Crippen LogP contribution in [0.15, 0.2) is 12.5 Å². The van der Waals surface area contributed by atoms with Crippen LogP contribution in [-0.2, 0) is 0 Å². The molecule has 0 saturated heterocycles. The number of aromatic nitrogens is 2. The van der Waals surface area contributed by atoms with E-state index >= 15 is 0 Å². The summed E-state index contributed by atoms with van der Waals surface area (Å²) in [7, 11) is 0. The van der Waals surface area contributed by atoms with E-state index in [0.717, 1.165) is 19.4 Å². The van der Waals surface area contributed by atoms with Crippen molar-refractivity contribution in [2.45, 2.75) is 19.8 Å². The predicted octanol–water partition coefficient (Wildman–Crippen LogP) is 0.658. The molecule has 84 valence electrons. The molecule has 1 aromatic heterocycles. The van der Waals surface area contributed by atoms with Crippen molar-refractivity contribution in [1.29, 1.82) is 0 Å². The molecule has 0 bridgehead atoms. The van der Waals surface area contributed by atoms with Gasteiger partial charge in [0.25, 0.3) is 0 Å². The van der Waals surface area contributed by atoms with Gasteiger partial charge in [0.15, 0.2) is 5.82 Å². The highest BCUT2D eigenvalue weighted by molar-refractivity contribution is 5.60. The van der Waals surface area contributed by atoms with Gasteiger partial charge in [0.05, 0.1) is 18.5 Å². The average molecular weight is 210 g/mol. The molecule has 15 heavy (non-hydrogen) atoms. The fraction of sp³-hybridized carbons (Fsp3) is 0.600. The highest BCUT2D eigenvalue weighted by Crippen LogP contribution is 2.17. The molecule has 0 fully saturated rings. The van der Waals surface area contributed by atoms with Crippen LogP contribution in [0, 0.1) is 0 Å². The number of aliphatic hydroxyl groups is 1. The van der Waals surface area contributed by atoms with E-state index in [1.54, 1.807) is 6.20 Å². The quantitative estimate of drug-likeness (QED) is 0.721. The number of anilines is 2. The van der Waals surface area contributed by atoms with Gasteiger partial charge < -0.3 is 15.7 Å². The smallest absolute Gasteiger partial charge is 0.155 e. The van der Waals surface area contributed by atoms with Gasteiger partial charge in [0.1, 0.15) is 6.33 Å². The van der Waals surface area contributed by atoms with Crippen LogP contribution in [0.1, 0.15) is 19.8 Å². The molecule has 0 unspecified atom stereocenters. The second-order valence-electron chi connectivity index (χ2n) is 3.37. The Hall–Kier alpha value is -1.36. The molecule has 0 amide bonds. The van der Waals surface area contributed by atoms with Crippen molar-refractivity contribution in [2.75, 3.05) is 30.3 Å². The monoisotopic (exact) mass is 210 g/mol. The van der Waals surface area contributed by atoms with Crippen LogP contribution in [0.4, 0.5) is 11.5 Å².